The van der Waals surface area contributed by atoms with Crippen molar-refractivity contribution in [3.05, 3.63) is 0 Å². The second-order valence-corrected chi connectivity index (χ2v) is 4.22. The SMILES string of the molecule is CC1(SCCO)CCCO1. The van der Waals surface area contributed by atoms with E-state index >= 15 is 0 Å². The fourth-order valence-electron chi connectivity index (χ4n) is 1.13. The number of rotatable bonds is 3. The van der Waals surface area contributed by atoms with Crippen LogP contribution in [0.5, 0.6) is 0 Å². The van der Waals surface area contributed by atoms with E-state index in [4.69, 9.17) is 9.84 Å². The molecule has 0 aromatic heterocycles. The van der Waals surface area contributed by atoms with Gasteiger partial charge in [-0.1, -0.05) is 0 Å². The van der Waals surface area contributed by atoms with E-state index in [0.717, 1.165) is 25.2 Å². The van der Waals surface area contributed by atoms with Crippen LogP contribution < -0.4 is 0 Å². The molecule has 1 fully saturated rings. The lowest BCUT2D eigenvalue weighted by Gasteiger charge is -2.21. The van der Waals surface area contributed by atoms with Gasteiger partial charge in [0.2, 0.25) is 0 Å². The lowest BCUT2D eigenvalue weighted by Crippen LogP contribution is -2.18. The molecule has 60 valence electrons. The van der Waals surface area contributed by atoms with E-state index in [0.29, 0.717) is 0 Å². The van der Waals surface area contributed by atoms with Gasteiger partial charge in [0.15, 0.2) is 0 Å². The Kier molecular flexibility index (Phi) is 3.01. The van der Waals surface area contributed by atoms with Gasteiger partial charge in [0.05, 0.1) is 6.61 Å². The summed E-state index contributed by atoms with van der Waals surface area (Å²) in [5.41, 5.74) is 0. The molecule has 3 heteroatoms. The van der Waals surface area contributed by atoms with E-state index in [1.165, 1.54) is 0 Å². The third-order valence-electron chi connectivity index (χ3n) is 1.68. The Morgan fingerprint density at radius 1 is 1.70 bits per heavy atom. The zero-order valence-corrected chi connectivity index (χ0v) is 7.12. The molecule has 0 saturated carbocycles. The third-order valence-corrected chi connectivity index (χ3v) is 3.00. The standard InChI is InChI=1S/C7H14O2S/c1-7(10-6-4-8)3-2-5-9-7/h8H,2-6H2,1H3. The summed E-state index contributed by atoms with van der Waals surface area (Å²) in [4.78, 5) is 0.00271. The van der Waals surface area contributed by atoms with E-state index in [-0.39, 0.29) is 11.5 Å². The Labute approximate surface area is 66.0 Å². The minimum absolute atomic E-state index is 0.00271. The summed E-state index contributed by atoms with van der Waals surface area (Å²) in [7, 11) is 0. The summed E-state index contributed by atoms with van der Waals surface area (Å²) in [6.07, 6.45) is 2.28. The molecule has 0 bridgehead atoms. The molecule has 1 atom stereocenters. The van der Waals surface area contributed by atoms with Gasteiger partial charge in [0.25, 0.3) is 0 Å². The first-order valence-corrected chi connectivity index (χ1v) is 4.64. The highest BCUT2D eigenvalue weighted by molar-refractivity contribution is 8.00. The van der Waals surface area contributed by atoms with Gasteiger partial charge in [-0.05, 0) is 19.8 Å². The van der Waals surface area contributed by atoms with Crippen molar-refractivity contribution in [2.75, 3.05) is 19.0 Å². The van der Waals surface area contributed by atoms with Crippen molar-refractivity contribution in [3.8, 4) is 0 Å². The van der Waals surface area contributed by atoms with Crippen LogP contribution >= 0.6 is 11.8 Å². The Balaban J connectivity index is 2.22. The van der Waals surface area contributed by atoms with E-state index in [9.17, 15) is 0 Å². The number of ether oxygens (including phenoxy) is 1. The highest BCUT2D eigenvalue weighted by atomic mass is 32.2. The molecule has 0 aromatic carbocycles. The normalized spacial score (nSPS) is 33.0. The van der Waals surface area contributed by atoms with Crippen LogP contribution in [-0.2, 0) is 4.74 Å². The van der Waals surface area contributed by atoms with Crippen LogP contribution in [0.25, 0.3) is 0 Å². The monoisotopic (exact) mass is 162 g/mol. The third kappa shape index (κ3) is 2.15. The van der Waals surface area contributed by atoms with E-state index in [1.807, 2.05) is 0 Å². The van der Waals surface area contributed by atoms with Gasteiger partial charge in [0.1, 0.15) is 4.93 Å². The average molecular weight is 162 g/mol. The first kappa shape index (κ1) is 8.37. The van der Waals surface area contributed by atoms with Crippen LogP contribution in [0, 0.1) is 0 Å². The Hall–Kier alpha value is 0.270. The van der Waals surface area contributed by atoms with Gasteiger partial charge < -0.3 is 9.84 Å². The lowest BCUT2D eigenvalue weighted by atomic mass is 10.3. The summed E-state index contributed by atoms with van der Waals surface area (Å²) >= 11 is 1.71. The van der Waals surface area contributed by atoms with Crippen LogP contribution in [0.15, 0.2) is 0 Å². The maximum absolute atomic E-state index is 8.56. The highest BCUT2D eigenvalue weighted by Gasteiger charge is 2.29. The molecule has 0 aromatic rings. The van der Waals surface area contributed by atoms with Crippen LogP contribution in [0.1, 0.15) is 19.8 Å². The molecule has 0 aliphatic carbocycles. The predicted octanol–water partition coefficient (Wildman–Crippen LogP) is 1.24. The van der Waals surface area contributed by atoms with E-state index < -0.39 is 0 Å². The van der Waals surface area contributed by atoms with Gasteiger partial charge in [-0.3, -0.25) is 0 Å². The number of aliphatic hydroxyl groups is 1. The highest BCUT2D eigenvalue weighted by Crippen LogP contribution is 2.35. The predicted molar refractivity (Wildman–Crippen MR) is 43.1 cm³/mol. The Morgan fingerprint density at radius 3 is 3.00 bits per heavy atom. The van der Waals surface area contributed by atoms with Gasteiger partial charge >= 0.3 is 0 Å². The molecule has 10 heavy (non-hydrogen) atoms. The molecule has 1 N–H and O–H groups in total. The summed E-state index contributed by atoms with van der Waals surface area (Å²) in [5, 5.41) is 8.56. The Bertz CT molecular complexity index is 99.8. The minimum atomic E-state index is 0.00271. The molecule has 0 spiro atoms. The fraction of sp³-hybridized carbons (Fsp3) is 1.00. The number of aliphatic hydroxyl groups excluding tert-OH is 1. The Morgan fingerprint density at radius 2 is 2.50 bits per heavy atom. The van der Waals surface area contributed by atoms with Gasteiger partial charge in [-0.25, -0.2) is 0 Å². The molecular weight excluding hydrogens is 148 g/mol. The molecule has 1 unspecified atom stereocenters. The topological polar surface area (TPSA) is 29.5 Å². The second kappa shape index (κ2) is 3.60. The average Bonchev–Trinajstić information content (AvgIpc) is 2.33. The van der Waals surface area contributed by atoms with Crippen molar-refractivity contribution in [2.24, 2.45) is 0 Å². The second-order valence-electron chi connectivity index (χ2n) is 2.66. The van der Waals surface area contributed by atoms with Crippen LogP contribution in [0.4, 0.5) is 0 Å². The summed E-state index contributed by atoms with van der Waals surface area (Å²) in [6, 6.07) is 0. The minimum Gasteiger partial charge on any atom is -0.396 e. The van der Waals surface area contributed by atoms with Gasteiger partial charge in [0, 0.05) is 12.4 Å². The van der Waals surface area contributed by atoms with Crippen molar-refractivity contribution in [3.63, 3.8) is 0 Å². The van der Waals surface area contributed by atoms with Crippen molar-refractivity contribution in [1.29, 1.82) is 0 Å². The van der Waals surface area contributed by atoms with E-state index in [1.54, 1.807) is 11.8 Å². The molecule has 1 heterocycles. The van der Waals surface area contributed by atoms with Gasteiger partial charge in [-0.2, -0.15) is 0 Å². The summed E-state index contributed by atoms with van der Waals surface area (Å²) in [6.45, 7) is 3.23. The van der Waals surface area contributed by atoms with Gasteiger partial charge in [-0.15, -0.1) is 11.8 Å². The van der Waals surface area contributed by atoms with Crippen LogP contribution in [-0.4, -0.2) is 29.0 Å². The van der Waals surface area contributed by atoms with Crippen molar-refractivity contribution in [2.45, 2.75) is 24.7 Å². The number of hydrogen-bond acceptors (Lipinski definition) is 3. The lowest BCUT2D eigenvalue weighted by molar-refractivity contribution is 0.0967. The first-order valence-electron chi connectivity index (χ1n) is 3.66. The summed E-state index contributed by atoms with van der Waals surface area (Å²) < 4.78 is 5.49. The molecule has 0 amide bonds. The summed E-state index contributed by atoms with van der Waals surface area (Å²) in [5.74, 6) is 0.788. The van der Waals surface area contributed by atoms with Crippen LogP contribution in [0.3, 0.4) is 0 Å². The molecular formula is C7H14O2S. The van der Waals surface area contributed by atoms with Crippen LogP contribution in [0.2, 0.25) is 0 Å². The van der Waals surface area contributed by atoms with Crippen molar-refractivity contribution < 1.29 is 9.84 Å². The molecule has 1 aliphatic rings. The maximum atomic E-state index is 8.56. The molecule has 2 nitrogen and oxygen atoms in total. The molecule has 0 radical (unpaired) electrons. The van der Waals surface area contributed by atoms with Crippen molar-refractivity contribution >= 4 is 11.8 Å². The zero-order chi connectivity index (χ0) is 7.45. The first-order chi connectivity index (χ1) is 4.77. The number of hydrogen-bond donors (Lipinski definition) is 1. The molecule has 1 rings (SSSR count). The van der Waals surface area contributed by atoms with Crippen molar-refractivity contribution in [1.82, 2.24) is 0 Å². The largest absolute Gasteiger partial charge is 0.396 e. The quantitative estimate of drug-likeness (QED) is 0.677. The maximum Gasteiger partial charge on any atom is 0.111 e. The fourth-order valence-corrected chi connectivity index (χ4v) is 2.11. The van der Waals surface area contributed by atoms with E-state index in [2.05, 4.69) is 6.92 Å². The number of thioether (sulfide) groups is 1. The zero-order valence-electron chi connectivity index (χ0n) is 6.30. The molecule has 1 aliphatic heterocycles. The smallest absolute Gasteiger partial charge is 0.111 e. The molecule has 1 saturated heterocycles.